The minimum atomic E-state index is -0.996. The van der Waals surface area contributed by atoms with Gasteiger partial charge in [-0.05, 0) is 24.1 Å². The van der Waals surface area contributed by atoms with Crippen molar-refractivity contribution in [2.24, 2.45) is 0 Å². The Kier molecular flexibility index (Phi) is 4.79. The molecule has 0 radical (unpaired) electrons. The first-order valence-corrected chi connectivity index (χ1v) is 5.17. The van der Waals surface area contributed by atoms with Crippen molar-refractivity contribution in [2.75, 3.05) is 13.7 Å². The van der Waals surface area contributed by atoms with Crippen LogP contribution in [0.2, 0.25) is 0 Å². The largest absolute Gasteiger partial charge is 0.494 e. The summed E-state index contributed by atoms with van der Waals surface area (Å²) in [6.07, 6.45) is 0.0256. The van der Waals surface area contributed by atoms with Crippen molar-refractivity contribution in [2.45, 2.75) is 19.4 Å². The van der Waals surface area contributed by atoms with Crippen LogP contribution in [-0.2, 0) is 9.53 Å². The summed E-state index contributed by atoms with van der Waals surface area (Å²) in [4.78, 5) is 10.8. The van der Waals surface area contributed by atoms with Crippen molar-refractivity contribution >= 4 is 5.97 Å². The Morgan fingerprint density at radius 3 is 2.44 bits per heavy atom. The van der Waals surface area contributed by atoms with E-state index in [1.807, 2.05) is 6.92 Å². The molecule has 1 aromatic carbocycles. The molecule has 0 fully saturated rings. The van der Waals surface area contributed by atoms with Gasteiger partial charge in [0.15, 0.2) is 6.10 Å². The SMILES string of the molecule is CCCOc1ccc(C(OC)C(=O)O)cc1. The van der Waals surface area contributed by atoms with Crippen LogP contribution in [-0.4, -0.2) is 24.8 Å². The minimum absolute atomic E-state index is 0.610. The fourth-order valence-electron chi connectivity index (χ4n) is 1.34. The topological polar surface area (TPSA) is 55.8 Å². The summed E-state index contributed by atoms with van der Waals surface area (Å²) in [5.74, 6) is -0.254. The number of hydrogen-bond donors (Lipinski definition) is 1. The number of ether oxygens (including phenoxy) is 2. The van der Waals surface area contributed by atoms with E-state index < -0.39 is 12.1 Å². The Bertz CT molecular complexity index is 331. The lowest BCUT2D eigenvalue weighted by atomic mass is 10.1. The highest BCUT2D eigenvalue weighted by Crippen LogP contribution is 2.20. The highest BCUT2D eigenvalue weighted by atomic mass is 16.5. The van der Waals surface area contributed by atoms with Gasteiger partial charge in [0.25, 0.3) is 0 Å². The maximum Gasteiger partial charge on any atom is 0.337 e. The molecule has 0 aliphatic rings. The Labute approximate surface area is 94.8 Å². The molecule has 0 saturated carbocycles. The van der Waals surface area contributed by atoms with Crippen LogP contribution in [0.25, 0.3) is 0 Å². The van der Waals surface area contributed by atoms with E-state index in [0.29, 0.717) is 12.2 Å². The summed E-state index contributed by atoms with van der Waals surface area (Å²) >= 11 is 0. The third kappa shape index (κ3) is 3.24. The van der Waals surface area contributed by atoms with E-state index in [0.717, 1.165) is 12.2 Å². The van der Waals surface area contributed by atoms with Gasteiger partial charge < -0.3 is 14.6 Å². The van der Waals surface area contributed by atoms with Gasteiger partial charge in [0.05, 0.1) is 6.61 Å². The van der Waals surface area contributed by atoms with Crippen LogP contribution in [0.15, 0.2) is 24.3 Å². The smallest absolute Gasteiger partial charge is 0.337 e. The minimum Gasteiger partial charge on any atom is -0.494 e. The zero-order valence-electron chi connectivity index (χ0n) is 9.47. The summed E-state index contributed by atoms with van der Waals surface area (Å²) < 4.78 is 10.3. The molecule has 1 rings (SSSR count). The molecule has 0 heterocycles. The van der Waals surface area contributed by atoms with Crippen LogP contribution >= 0.6 is 0 Å². The molecule has 1 aromatic rings. The van der Waals surface area contributed by atoms with Crippen molar-refractivity contribution in [3.05, 3.63) is 29.8 Å². The van der Waals surface area contributed by atoms with Gasteiger partial charge in [-0.2, -0.15) is 0 Å². The maximum atomic E-state index is 10.8. The molecular formula is C12H16O4. The Morgan fingerprint density at radius 2 is 2.00 bits per heavy atom. The monoisotopic (exact) mass is 224 g/mol. The van der Waals surface area contributed by atoms with E-state index >= 15 is 0 Å². The van der Waals surface area contributed by atoms with E-state index in [1.54, 1.807) is 24.3 Å². The zero-order valence-corrected chi connectivity index (χ0v) is 9.47. The summed E-state index contributed by atoms with van der Waals surface area (Å²) in [6, 6.07) is 6.90. The first-order valence-electron chi connectivity index (χ1n) is 5.17. The summed E-state index contributed by atoms with van der Waals surface area (Å²) in [6.45, 7) is 2.69. The molecule has 0 amide bonds. The van der Waals surface area contributed by atoms with Crippen LogP contribution in [0, 0.1) is 0 Å². The standard InChI is InChI=1S/C12H16O4/c1-3-8-16-10-6-4-9(5-7-10)11(15-2)12(13)14/h4-7,11H,3,8H2,1-2H3,(H,13,14). The van der Waals surface area contributed by atoms with Gasteiger partial charge in [0, 0.05) is 7.11 Å². The van der Waals surface area contributed by atoms with Crippen molar-refractivity contribution < 1.29 is 19.4 Å². The predicted molar refractivity (Wildman–Crippen MR) is 59.6 cm³/mol. The molecule has 16 heavy (non-hydrogen) atoms. The van der Waals surface area contributed by atoms with E-state index in [4.69, 9.17) is 14.6 Å². The number of methoxy groups -OCH3 is 1. The van der Waals surface area contributed by atoms with Crippen LogP contribution in [0.3, 0.4) is 0 Å². The average molecular weight is 224 g/mol. The third-order valence-corrected chi connectivity index (χ3v) is 2.12. The number of carboxylic acid groups (broad SMARTS) is 1. The molecule has 0 spiro atoms. The molecule has 4 heteroatoms. The molecule has 0 aliphatic carbocycles. The van der Waals surface area contributed by atoms with Crippen molar-refractivity contribution in [1.29, 1.82) is 0 Å². The van der Waals surface area contributed by atoms with Crippen molar-refractivity contribution in [1.82, 2.24) is 0 Å². The van der Waals surface area contributed by atoms with Gasteiger partial charge in [-0.25, -0.2) is 4.79 Å². The molecule has 1 N–H and O–H groups in total. The molecule has 0 aliphatic heterocycles. The molecule has 4 nitrogen and oxygen atoms in total. The summed E-state index contributed by atoms with van der Waals surface area (Å²) in [5, 5.41) is 8.88. The quantitative estimate of drug-likeness (QED) is 0.805. The maximum absolute atomic E-state index is 10.8. The van der Waals surface area contributed by atoms with E-state index in [2.05, 4.69) is 0 Å². The number of hydrogen-bond acceptors (Lipinski definition) is 3. The van der Waals surface area contributed by atoms with Gasteiger partial charge in [0.1, 0.15) is 5.75 Å². The zero-order chi connectivity index (χ0) is 12.0. The fraction of sp³-hybridized carbons (Fsp3) is 0.417. The average Bonchev–Trinajstić information content (AvgIpc) is 2.28. The van der Waals surface area contributed by atoms with Gasteiger partial charge in [-0.1, -0.05) is 19.1 Å². The molecule has 0 saturated heterocycles. The van der Waals surface area contributed by atoms with Crippen LogP contribution < -0.4 is 4.74 Å². The molecule has 1 atom stereocenters. The van der Waals surface area contributed by atoms with Crippen molar-refractivity contribution in [3.63, 3.8) is 0 Å². The normalized spacial score (nSPS) is 12.1. The molecule has 88 valence electrons. The Hall–Kier alpha value is -1.55. The molecular weight excluding hydrogens is 208 g/mol. The predicted octanol–water partition coefficient (Wildman–Crippen LogP) is 2.25. The second-order valence-corrected chi connectivity index (χ2v) is 3.37. The highest BCUT2D eigenvalue weighted by Gasteiger charge is 2.18. The number of carbonyl (C=O) groups is 1. The Balaban J connectivity index is 2.73. The first-order chi connectivity index (χ1) is 7.69. The second kappa shape index (κ2) is 6.12. The third-order valence-electron chi connectivity index (χ3n) is 2.12. The number of rotatable bonds is 6. The second-order valence-electron chi connectivity index (χ2n) is 3.37. The van der Waals surface area contributed by atoms with Crippen LogP contribution in [0.5, 0.6) is 5.75 Å². The van der Waals surface area contributed by atoms with Crippen LogP contribution in [0.4, 0.5) is 0 Å². The van der Waals surface area contributed by atoms with Gasteiger partial charge in [0.2, 0.25) is 0 Å². The fourth-order valence-corrected chi connectivity index (χ4v) is 1.34. The van der Waals surface area contributed by atoms with Crippen LogP contribution in [0.1, 0.15) is 25.0 Å². The molecule has 0 bridgehead atoms. The van der Waals surface area contributed by atoms with E-state index in [-0.39, 0.29) is 0 Å². The van der Waals surface area contributed by atoms with E-state index in [9.17, 15) is 4.79 Å². The number of aliphatic carboxylic acids is 1. The first kappa shape index (κ1) is 12.5. The summed E-state index contributed by atoms with van der Waals surface area (Å²) in [7, 11) is 1.38. The van der Waals surface area contributed by atoms with E-state index in [1.165, 1.54) is 7.11 Å². The lowest BCUT2D eigenvalue weighted by Gasteiger charge is -2.11. The highest BCUT2D eigenvalue weighted by molar-refractivity contribution is 5.74. The molecule has 1 unspecified atom stereocenters. The van der Waals surface area contributed by atoms with Gasteiger partial charge >= 0.3 is 5.97 Å². The lowest BCUT2D eigenvalue weighted by molar-refractivity contribution is -0.148. The number of benzene rings is 1. The van der Waals surface area contributed by atoms with Gasteiger partial charge in [-0.3, -0.25) is 0 Å². The van der Waals surface area contributed by atoms with Crippen molar-refractivity contribution in [3.8, 4) is 5.75 Å². The summed E-state index contributed by atoms with van der Waals surface area (Å²) in [5.41, 5.74) is 0.610. The lowest BCUT2D eigenvalue weighted by Crippen LogP contribution is -2.13. The molecule has 0 aromatic heterocycles. The number of carboxylic acids is 1. The van der Waals surface area contributed by atoms with Gasteiger partial charge in [-0.15, -0.1) is 0 Å². The Morgan fingerprint density at radius 1 is 1.38 bits per heavy atom.